The molecule has 0 bridgehead atoms. The molecule has 4 N–H and O–H groups in total. The normalized spacial score (nSPS) is 10.9. The predicted molar refractivity (Wildman–Crippen MR) is 84.0 cm³/mol. The highest BCUT2D eigenvalue weighted by Crippen LogP contribution is 2.15. The van der Waals surface area contributed by atoms with Gasteiger partial charge in [-0.3, -0.25) is 0 Å². The Hall–Kier alpha value is -2.63. The van der Waals surface area contributed by atoms with E-state index in [0.29, 0.717) is 22.9 Å². The van der Waals surface area contributed by atoms with Crippen molar-refractivity contribution >= 4 is 22.9 Å². The van der Waals surface area contributed by atoms with E-state index in [9.17, 15) is 0 Å². The lowest BCUT2D eigenvalue weighted by Crippen LogP contribution is -2.07. The number of rotatable bonds is 6. The highest BCUT2D eigenvalue weighted by Gasteiger charge is 2.06. The summed E-state index contributed by atoms with van der Waals surface area (Å²) in [6.45, 7) is 0.825. The van der Waals surface area contributed by atoms with Crippen LogP contribution in [0.3, 0.4) is 0 Å². The van der Waals surface area contributed by atoms with Gasteiger partial charge < -0.3 is 16.0 Å². The Labute approximate surface area is 122 Å². The first-order valence-electron chi connectivity index (χ1n) is 7.07. The van der Waals surface area contributed by atoms with Crippen molar-refractivity contribution in [2.24, 2.45) is 0 Å². The Morgan fingerprint density at radius 1 is 1.10 bits per heavy atom. The van der Waals surface area contributed by atoms with E-state index in [2.05, 4.69) is 49.5 Å². The number of benzene rings is 1. The molecule has 0 fully saturated rings. The van der Waals surface area contributed by atoms with Crippen LogP contribution < -0.4 is 11.1 Å². The smallest absolute Gasteiger partial charge is 0.226 e. The quantitative estimate of drug-likeness (QED) is 0.604. The van der Waals surface area contributed by atoms with Gasteiger partial charge >= 0.3 is 0 Å². The standard InChI is InChI=1S/C15H18N6/c16-13-12-14(19-10-18-12)21-15(20-13)17-9-5-4-8-11-6-2-1-3-7-11/h1-3,6-7,10H,4-5,8-9H2,(H4,16,17,18,19,20,21). The third kappa shape index (κ3) is 3.28. The summed E-state index contributed by atoms with van der Waals surface area (Å²) in [4.78, 5) is 15.5. The maximum absolute atomic E-state index is 5.83. The van der Waals surface area contributed by atoms with Crippen LogP contribution >= 0.6 is 0 Å². The Bertz CT molecular complexity index is 707. The van der Waals surface area contributed by atoms with Crippen molar-refractivity contribution in [1.29, 1.82) is 0 Å². The monoisotopic (exact) mass is 282 g/mol. The zero-order chi connectivity index (χ0) is 14.5. The lowest BCUT2D eigenvalue weighted by molar-refractivity contribution is 0.759. The molecule has 2 heterocycles. The third-order valence-corrected chi connectivity index (χ3v) is 3.32. The fraction of sp³-hybridized carbons (Fsp3) is 0.267. The van der Waals surface area contributed by atoms with Gasteiger partial charge in [0.1, 0.15) is 5.52 Å². The average Bonchev–Trinajstić information content (AvgIpc) is 2.97. The number of fused-ring (bicyclic) bond motifs is 1. The zero-order valence-electron chi connectivity index (χ0n) is 11.7. The summed E-state index contributed by atoms with van der Waals surface area (Å²) in [5, 5.41) is 3.20. The van der Waals surface area contributed by atoms with Crippen LogP contribution in [0.2, 0.25) is 0 Å². The number of aryl methyl sites for hydroxylation is 1. The van der Waals surface area contributed by atoms with Gasteiger partial charge in [0.15, 0.2) is 11.5 Å². The number of hydrogen-bond donors (Lipinski definition) is 3. The number of unbranched alkanes of at least 4 members (excludes halogenated alkanes) is 1. The van der Waals surface area contributed by atoms with Crippen molar-refractivity contribution in [3.63, 3.8) is 0 Å². The molecule has 0 aliphatic heterocycles. The number of aromatic amines is 1. The number of H-pyrrole nitrogens is 1. The van der Waals surface area contributed by atoms with Gasteiger partial charge in [-0.25, -0.2) is 4.98 Å². The average molecular weight is 282 g/mol. The van der Waals surface area contributed by atoms with E-state index in [1.165, 1.54) is 5.56 Å². The van der Waals surface area contributed by atoms with Gasteiger partial charge in [-0.1, -0.05) is 30.3 Å². The molecule has 0 unspecified atom stereocenters. The summed E-state index contributed by atoms with van der Waals surface area (Å²) in [6.07, 6.45) is 4.84. The summed E-state index contributed by atoms with van der Waals surface area (Å²) < 4.78 is 0. The molecule has 0 amide bonds. The molecular formula is C15H18N6. The molecule has 0 aliphatic rings. The minimum Gasteiger partial charge on any atom is -0.382 e. The van der Waals surface area contributed by atoms with E-state index >= 15 is 0 Å². The largest absolute Gasteiger partial charge is 0.382 e. The molecule has 0 saturated carbocycles. The van der Waals surface area contributed by atoms with Gasteiger partial charge in [0.25, 0.3) is 0 Å². The number of nitrogens with one attached hydrogen (secondary N) is 2. The Kier molecular flexibility index (Phi) is 3.95. The van der Waals surface area contributed by atoms with E-state index in [1.807, 2.05) is 6.07 Å². The summed E-state index contributed by atoms with van der Waals surface area (Å²) in [5.41, 5.74) is 8.48. The molecule has 0 spiro atoms. The summed E-state index contributed by atoms with van der Waals surface area (Å²) >= 11 is 0. The number of anilines is 2. The Balaban J connectivity index is 1.48. The van der Waals surface area contributed by atoms with E-state index in [0.717, 1.165) is 25.8 Å². The second-order valence-corrected chi connectivity index (χ2v) is 4.90. The number of hydrogen-bond acceptors (Lipinski definition) is 5. The number of imidazole rings is 1. The van der Waals surface area contributed by atoms with Gasteiger partial charge in [0.2, 0.25) is 5.95 Å². The molecule has 0 atom stereocenters. The fourth-order valence-electron chi connectivity index (χ4n) is 2.24. The number of nitrogens with two attached hydrogens (primary N) is 1. The van der Waals surface area contributed by atoms with Crippen molar-refractivity contribution in [3.8, 4) is 0 Å². The van der Waals surface area contributed by atoms with Gasteiger partial charge in [-0.2, -0.15) is 9.97 Å². The minimum absolute atomic E-state index is 0.396. The van der Waals surface area contributed by atoms with Crippen LogP contribution in [0.1, 0.15) is 18.4 Å². The van der Waals surface area contributed by atoms with E-state index in [1.54, 1.807) is 6.33 Å². The molecule has 3 aromatic rings. The van der Waals surface area contributed by atoms with Crippen LogP contribution in [0, 0.1) is 0 Å². The van der Waals surface area contributed by atoms with Crippen molar-refractivity contribution in [2.45, 2.75) is 19.3 Å². The van der Waals surface area contributed by atoms with Crippen LogP contribution in [0.5, 0.6) is 0 Å². The maximum atomic E-state index is 5.83. The lowest BCUT2D eigenvalue weighted by Gasteiger charge is -2.05. The Morgan fingerprint density at radius 3 is 2.81 bits per heavy atom. The lowest BCUT2D eigenvalue weighted by atomic mass is 10.1. The van der Waals surface area contributed by atoms with Crippen molar-refractivity contribution in [1.82, 2.24) is 19.9 Å². The highest BCUT2D eigenvalue weighted by molar-refractivity contribution is 5.82. The first kappa shape index (κ1) is 13.4. The van der Waals surface area contributed by atoms with Crippen LogP contribution in [0.15, 0.2) is 36.7 Å². The molecule has 21 heavy (non-hydrogen) atoms. The molecule has 2 aromatic heterocycles. The third-order valence-electron chi connectivity index (χ3n) is 3.32. The maximum Gasteiger partial charge on any atom is 0.226 e. The molecule has 0 saturated heterocycles. The fourth-order valence-corrected chi connectivity index (χ4v) is 2.24. The number of aromatic nitrogens is 4. The minimum atomic E-state index is 0.396. The Morgan fingerprint density at radius 2 is 1.95 bits per heavy atom. The van der Waals surface area contributed by atoms with Crippen molar-refractivity contribution < 1.29 is 0 Å². The molecule has 6 heteroatoms. The first-order chi connectivity index (χ1) is 10.3. The second kappa shape index (κ2) is 6.21. The molecule has 1 aromatic carbocycles. The summed E-state index contributed by atoms with van der Waals surface area (Å²) in [6, 6.07) is 10.5. The molecular weight excluding hydrogens is 264 g/mol. The topological polar surface area (TPSA) is 92.5 Å². The van der Waals surface area contributed by atoms with Crippen LogP contribution in [-0.4, -0.2) is 26.5 Å². The van der Waals surface area contributed by atoms with E-state index < -0.39 is 0 Å². The van der Waals surface area contributed by atoms with Crippen LogP contribution in [0.25, 0.3) is 11.2 Å². The van der Waals surface area contributed by atoms with E-state index in [-0.39, 0.29) is 0 Å². The molecule has 108 valence electrons. The summed E-state index contributed by atoms with van der Waals surface area (Å²) in [5.74, 6) is 0.942. The molecule has 0 aliphatic carbocycles. The molecule has 6 nitrogen and oxygen atoms in total. The molecule has 0 radical (unpaired) electrons. The number of nitrogen functional groups attached to an aromatic ring is 1. The van der Waals surface area contributed by atoms with Crippen molar-refractivity contribution in [2.75, 3.05) is 17.6 Å². The second-order valence-electron chi connectivity index (χ2n) is 4.90. The van der Waals surface area contributed by atoms with Crippen molar-refractivity contribution in [3.05, 3.63) is 42.2 Å². The molecule has 3 rings (SSSR count). The summed E-state index contributed by atoms with van der Waals surface area (Å²) in [7, 11) is 0. The zero-order valence-corrected chi connectivity index (χ0v) is 11.7. The van der Waals surface area contributed by atoms with Gasteiger partial charge in [0, 0.05) is 6.54 Å². The van der Waals surface area contributed by atoms with Gasteiger partial charge in [0.05, 0.1) is 6.33 Å². The highest BCUT2D eigenvalue weighted by atomic mass is 15.2. The van der Waals surface area contributed by atoms with E-state index in [4.69, 9.17) is 5.73 Å². The van der Waals surface area contributed by atoms with Gasteiger partial charge in [-0.05, 0) is 24.8 Å². The first-order valence-corrected chi connectivity index (χ1v) is 7.07. The van der Waals surface area contributed by atoms with Gasteiger partial charge in [-0.15, -0.1) is 0 Å². The predicted octanol–water partition coefficient (Wildman–Crippen LogP) is 2.37. The number of nitrogens with zero attached hydrogens (tertiary/aromatic N) is 3. The van der Waals surface area contributed by atoms with Crippen LogP contribution in [-0.2, 0) is 6.42 Å². The SMILES string of the molecule is Nc1nc(NCCCCc2ccccc2)nc2[nH]cnc12. The van der Waals surface area contributed by atoms with Crippen LogP contribution in [0.4, 0.5) is 11.8 Å².